The van der Waals surface area contributed by atoms with Gasteiger partial charge in [0.05, 0.1) is 24.1 Å². The Kier molecular flexibility index (Phi) is 6.52. The molecular formula is C24H23N3O3S. The predicted molar refractivity (Wildman–Crippen MR) is 124 cm³/mol. The first-order valence-electron chi connectivity index (χ1n) is 10.1. The van der Waals surface area contributed by atoms with Crippen molar-refractivity contribution < 1.29 is 9.47 Å². The van der Waals surface area contributed by atoms with Crippen LogP contribution in [0.4, 0.5) is 0 Å². The second kappa shape index (κ2) is 9.66. The number of benzene rings is 2. The van der Waals surface area contributed by atoms with E-state index in [2.05, 4.69) is 4.98 Å². The van der Waals surface area contributed by atoms with Crippen LogP contribution in [0.15, 0.2) is 76.8 Å². The lowest BCUT2D eigenvalue weighted by atomic mass is 10.2. The topological polar surface area (TPSA) is 66.2 Å². The SMILES string of the molecule is CCOc1ccc(OCCSc2nc3ccccc3c(=O)n2-c2cc(C)ccn2)cc1. The molecule has 0 saturated heterocycles. The zero-order chi connectivity index (χ0) is 21.6. The highest BCUT2D eigenvalue weighted by Crippen LogP contribution is 2.22. The molecule has 2 heterocycles. The summed E-state index contributed by atoms with van der Waals surface area (Å²) >= 11 is 1.47. The van der Waals surface area contributed by atoms with Gasteiger partial charge < -0.3 is 9.47 Å². The molecule has 158 valence electrons. The van der Waals surface area contributed by atoms with Crippen LogP contribution < -0.4 is 15.0 Å². The number of aromatic nitrogens is 3. The minimum atomic E-state index is -0.126. The molecule has 0 fully saturated rings. The van der Waals surface area contributed by atoms with Gasteiger partial charge in [-0.15, -0.1) is 0 Å². The molecule has 0 spiro atoms. The summed E-state index contributed by atoms with van der Waals surface area (Å²) in [6.45, 7) is 5.03. The molecule has 0 aliphatic rings. The number of rotatable bonds is 8. The van der Waals surface area contributed by atoms with Crippen molar-refractivity contribution in [3.63, 3.8) is 0 Å². The van der Waals surface area contributed by atoms with Crippen molar-refractivity contribution in [2.45, 2.75) is 19.0 Å². The van der Waals surface area contributed by atoms with Gasteiger partial charge in [0.1, 0.15) is 17.3 Å². The third-order valence-corrected chi connectivity index (χ3v) is 5.50. The van der Waals surface area contributed by atoms with Crippen LogP contribution in [0.2, 0.25) is 0 Å². The number of pyridine rings is 1. The van der Waals surface area contributed by atoms with Crippen molar-refractivity contribution in [3.8, 4) is 17.3 Å². The van der Waals surface area contributed by atoms with E-state index in [1.54, 1.807) is 16.8 Å². The number of aryl methyl sites for hydroxylation is 1. The largest absolute Gasteiger partial charge is 0.494 e. The first kappa shape index (κ1) is 20.9. The van der Waals surface area contributed by atoms with Gasteiger partial charge in [0.25, 0.3) is 5.56 Å². The number of ether oxygens (including phenoxy) is 2. The Balaban J connectivity index is 1.55. The van der Waals surface area contributed by atoms with Gasteiger partial charge in [-0.2, -0.15) is 0 Å². The molecule has 0 amide bonds. The molecule has 31 heavy (non-hydrogen) atoms. The number of para-hydroxylation sites is 1. The van der Waals surface area contributed by atoms with E-state index in [-0.39, 0.29) is 5.56 Å². The van der Waals surface area contributed by atoms with Gasteiger partial charge in [0.2, 0.25) is 0 Å². The fourth-order valence-electron chi connectivity index (χ4n) is 3.14. The summed E-state index contributed by atoms with van der Waals surface area (Å²) in [4.78, 5) is 22.4. The maximum absolute atomic E-state index is 13.2. The maximum Gasteiger partial charge on any atom is 0.267 e. The Bertz CT molecular complexity index is 1240. The first-order chi connectivity index (χ1) is 15.2. The van der Waals surface area contributed by atoms with Crippen LogP contribution in [0.3, 0.4) is 0 Å². The summed E-state index contributed by atoms with van der Waals surface area (Å²) in [5.41, 5.74) is 1.57. The fraction of sp³-hybridized carbons (Fsp3) is 0.208. The number of thioether (sulfide) groups is 1. The lowest BCUT2D eigenvalue weighted by Crippen LogP contribution is -2.23. The summed E-state index contributed by atoms with van der Waals surface area (Å²) in [6.07, 6.45) is 1.70. The average Bonchev–Trinajstić information content (AvgIpc) is 2.78. The van der Waals surface area contributed by atoms with E-state index in [9.17, 15) is 4.79 Å². The van der Waals surface area contributed by atoms with Gasteiger partial charge in [-0.25, -0.2) is 14.5 Å². The van der Waals surface area contributed by atoms with Gasteiger partial charge in [-0.3, -0.25) is 4.79 Å². The Labute approximate surface area is 184 Å². The van der Waals surface area contributed by atoms with Gasteiger partial charge in [-0.1, -0.05) is 23.9 Å². The smallest absolute Gasteiger partial charge is 0.267 e. The minimum absolute atomic E-state index is 0.126. The van der Waals surface area contributed by atoms with Crippen molar-refractivity contribution in [2.24, 2.45) is 0 Å². The lowest BCUT2D eigenvalue weighted by Gasteiger charge is -2.13. The highest BCUT2D eigenvalue weighted by atomic mass is 32.2. The highest BCUT2D eigenvalue weighted by molar-refractivity contribution is 7.99. The Morgan fingerprint density at radius 3 is 2.48 bits per heavy atom. The van der Waals surface area contributed by atoms with E-state index in [0.29, 0.717) is 40.8 Å². The van der Waals surface area contributed by atoms with Crippen molar-refractivity contribution in [2.75, 3.05) is 19.0 Å². The van der Waals surface area contributed by atoms with Crippen molar-refractivity contribution >= 4 is 22.7 Å². The molecule has 7 heteroatoms. The predicted octanol–water partition coefficient (Wildman–Crippen LogP) is 4.66. The average molecular weight is 434 g/mol. The first-order valence-corrected chi connectivity index (χ1v) is 11.1. The summed E-state index contributed by atoms with van der Waals surface area (Å²) < 4.78 is 12.9. The molecule has 6 nitrogen and oxygen atoms in total. The van der Waals surface area contributed by atoms with E-state index < -0.39 is 0 Å². The highest BCUT2D eigenvalue weighted by Gasteiger charge is 2.14. The second-order valence-electron chi connectivity index (χ2n) is 6.84. The van der Waals surface area contributed by atoms with Crippen LogP contribution in [0, 0.1) is 6.92 Å². The van der Waals surface area contributed by atoms with E-state index >= 15 is 0 Å². The molecule has 0 unspecified atom stereocenters. The van der Waals surface area contributed by atoms with E-state index in [0.717, 1.165) is 17.1 Å². The molecule has 4 aromatic rings. The number of hydrogen-bond donors (Lipinski definition) is 0. The summed E-state index contributed by atoms with van der Waals surface area (Å²) in [5.74, 6) is 2.79. The molecule has 0 aliphatic carbocycles. The normalized spacial score (nSPS) is 10.9. The lowest BCUT2D eigenvalue weighted by molar-refractivity contribution is 0.332. The number of fused-ring (bicyclic) bond motifs is 1. The molecule has 2 aromatic carbocycles. The monoisotopic (exact) mass is 433 g/mol. The van der Waals surface area contributed by atoms with Crippen LogP contribution in [-0.4, -0.2) is 33.5 Å². The molecule has 2 aromatic heterocycles. The fourth-order valence-corrected chi connectivity index (χ4v) is 3.96. The van der Waals surface area contributed by atoms with Gasteiger partial charge in [0.15, 0.2) is 5.16 Å². The third-order valence-electron chi connectivity index (χ3n) is 4.59. The second-order valence-corrected chi connectivity index (χ2v) is 7.91. The number of hydrogen-bond acceptors (Lipinski definition) is 6. The zero-order valence-electron chi connectivity index (χ0n) is 17.4. The van der Waals surface area contributed by atoms with Crippen molar-refractivity contribution in [1.29, 1.82) is 0 Å². The van der Waals surface area contributed by atoms with E-state index in [4.69, 9.17) is 14.5 Å². The van der Waals surface area contributed by atoms with Crippen LogP contribution in [0.5, 0.6) is 11.5 Å². The van der Waals surface area contributed by atoms with Crippen LogP contribution in [0.1, 0.15) is 12.5 Å². The molecule has 0 aliphatic heterocycles. The molecule has 0 radical (unpaired) electrons. The quantitative estimate of drug-likeness (QED) is 0.229. The third kappa shape index (κ3) is 4.88. The van der Waals surface area contributed by atoms with E-state index in [1.165, 1.54) is 11.8 Å². The molecule has 0 N–H and O–H groups in total. The van der Waals surface area contributed by atoms with E-state index in [1.807, 2.05) is 68.4 Å². The maximum atomic E-state index is 13.2. The summed E-state index contributed by atoms with van der Waals surface area (Å²) in [7, 11) is 0. The van der Waals surface area contributed by atoms with Crippen molar-refractivity contribution in [1.82, 2.24) is 14.5 Å². The standard InChI is InChI=1S/C24H23N3O3S/c1-3-29-18-8-10-19(11-9-18)30-14-15-31-24-26-21-7-5-4-6-20(21)23(28)27(24)22-16-17(2)12-13-25-22/h4-13,16H,3,14-15H2,1-2H3. The summed E-state index contributed by atoms with van der Waals surface area (Å²) in [6, 6.07) is 18.7. The van der Waals surface area contributed by atoms with Crippen LogP contribution in [0.25, 0.3) is 16.7 Å². The molecular weight excluding hydrogens is 410 g/mol. The Hall–Kier alpha value is -3.32. The van der Waals surface area contributed by atoms with Gasteiger partial charge in [0, 0.05) is 11.9 Å². The number of nitrogens with zero attached hydrogens (tertiary/aromatic N) is 3. The van der Waals surface area contributed by atoms with Gasteiger partial charge in [-0.05, 0) is 67.9 Å². The van der Waals surface area contributed by atoms with Crippen LogP contribution in [-0.2, 0) is 0 Å². The molecule has 0 bridgehead atoms. The molecule has 0 atom stereocenters. The van der Waals surface area contributed by atoms with Crippen molar-refractivity contribution in [3.05, 3.63) is 82.8 Å². The Morgan fingerprint density at radius 1 is 1.00 bits per heavy atom. The van der Waals surface area contributed by atoms with Crippen LogP contribution >= 0.6 is 11.8 Å². The molecule has 0 saturated carbocycles. The summed E-state index contributed by atoms with van der Waals surface area (Å²) in [5, 5.41) is 1.16. The Morgan fingerprint density at radius 2 is 1.74 bits per heavy atom. The minimum Gasteiger partial charge on any atom is -0.494 e. The molecule has 4 rings (SSSR count). The zero-order valence-corrected chi connectivity index (χ0v) is 18.3. The van der Waals surface area contributed by atoms with Gasteiger partial charge >= 0.3 is 0 Å².